The summed E-state index contributed by atoms with van der Waals surface area (Å²) in [6, 6.07) is 14.0. The second-order valence-electron chi connectivity index (χ2n) is 5.09. The van der Waals surface area contributed by atoms with Crippen molar-refractivity contribution in [3.05, 3.63) is 64.8 Å². The van der Waals surface area contributed by atoms with Crippen molar-refractivity contribution in [2.45, 2.75) is 0 Å². The van der Waals surface area contributed by atoms with Gasteiger partial charge in [-0.2, -0.15) is 0 Å². The Bertz CT molecular complexity index is 1040. The number of aromatic nitrogens is 3. The van der Waals surface area contributed by atoms with Crippen molar-refractivity contribution in [3.8, 4) is 11.5 Å². The SMILES string of the molecule is O=[N+]([O-])c1cccc(Nc2nnc(-c3c[nH]c4ccccc34)o2)c1. The summed E-state index contributed by atoms with van der Waals surface area (Å²) < 4.78 is 5.62. The highest BCUT2D eigenvalue weighted by molar-refractivity contribution is 5.93. The number of hydrogen-bond acceptors (Lipinski definition) is 6. The Hall–Kier alpha value is -3.68. The lowest BCUT2D eigenvalue weighted by atomic mass is 10.2. The number of hydrogen-bond donors (Lipinski definition) is 2. The zero-order valence-corrected chi connectivity index (χ0v) is 12.3. The highest BCUT2D eigenvalue weighted by Gasteiger charge is 2.14. The van der Waals surface area contributed by atoms with Crippen LogP contribution in [0.4, 0.5) is 17.4 Å². The summed E-state index contributed by atoms with van der Waals surface area (Å²) in [6.45, 7) is 0. The molecule has 0 unspecified atom stereocenters. The maximum atomic E-state index is 10.8. The van der Waals surface area contributed by atoms with Crippen molar-refractivity contribution in [1.29, 1.82) is 0 Å². The molecule has 118 valence electrons. The maximum Gasteiger partial charge on any atom is 0.320 e. The first-order valence-corrected chi connectivity index (χ1v) is 7.12. The fourth-order valence-corrected chi connectivity index (χ4v) is 2.45. The van der Waals surface area contributed by atoms with E-state index < -0.39 is 4.92 Å². The largest absolute Gasteiger partial charge is 0.403 e. The van der Waals surface area contributed by atoms with E-state index in [0.29, 0.717) is 11.6 Å². The van der Waals surface area contributed by atoms with Gasteiger partial charge in [0.15, 0.2) is 0 Å². The lowest BCUT2D eigenvalue weighted by Crippen LogP contribution is -1.93. The molecule has 0 spiro atoms. The van der Waals surface area contributed by atoms with E-state index in [1.165, 1.54) is 12.1 Å². The standard InChI is InChI=1S/C16H11N5O3/c22-21(23)11-5-3-4-10(8-11)18-16-20-19-15(24-16)13-9-17-14-7-2-1-6-12(13)14/h1-9,17H,(H,18,20). The van der Waals surface area contributed by atoms with E-state index in [-0.39, 0.29) is 11.7 Å². The van der Waals surface area contributed by atoms with Crippen LogP contribution in [0.5, 0.6) is 0 Å². The lowest BCUT2D eigenvalue weighted by molar-refractivity contribution is -0.384. The number of nitrogens with one attached hydrogen (secondary N) is 2. The Labute approximate surface area is 135 Å². The van der Waals surface area contributed by atoms with Gasteiger partial charge < -0.3 is 14.7 Å². The van der Waals surface area contributed by atoms with Crippen molar-refractivity contribution in [3.63, 3.8) is 0 Å². The third-order valence-corrected chi connectivity index (χ3v) is 3.55. The van der Waals surface area contributed by atoms with Gasteiger partial charge in [-0.25, -0.2) is 0 Å². The van der Waals surface area contributed by atoms with E-state index in [2.05, 4.69) is 20.5 Å². The highest BCUT2D eigenvalue weighted by atomic mass is 16.6. The van der Waals surface area contributed by atoms with Crippen LogP contribution in [0.3, 0.4) is 0 Å². The number of anilines is 2. The van der Waals surface area contributed by atoms with Gasteiger partial charge in [0.05, 0.1) is 10.5 Å². The van der Waals surface area contributed by atoms with E-state index in [0.717, 1.165) is 16.5 Å². The van der Waals surface area contributed by atoms with Gasteiger partial charge >= 0.3 is 6.01 Å². The van der Waals surface area contributed by atoms with Crippen LogP contribution in [0.25, 0.3) is 22.4 Å². The number of rotatable bonds is 4. The number of non-ortho nitro benzene ring substituents is 1. The molecular weight excluding hydrogens is 310 g/mol. The molecule has 4 aromatic rings. The number of nitro benzene ring substituents is 1. The number of aromatic amines is 1. The molecular formula is C16H11N5O3. The Morgan fingerprint density at radius 1 is 1.12 bits per heavy atom. The fourth-order valence-electron chi connectivity index (χ4n) is 2.45. The number of H-pyrrole nitrogens is 1. The van der Waals surface area contributed by atoms with Gasteiger partial charge in [-0.1, -0.05) is 29.4 Å². The van der Waals surface area contributed by atoms with E-state index in [4.69, 9.17) is 4.42 Å². The fraction of sp³-hybridized carbons (Fsp3) is 0. The molecule has 2 heterocycles. The number of nitro groups is 1. The number of fused-ring (bicyclic) bond motifs is 1. The molecule has 0 aliphatic carbocycles. The van der Waals surface area contributed by atoms with Crippen LogP contribution in [0.2, 0.25) is 0 Å². The van der Waals surface area contributed by atoms with Gasteiger partial charge in [-0.05, 0) is 12.1 Å². The van der Waals surface area contributed by atoms with Crippen molar-refractivity contribution in [1.82, 2.24) is 15.2 Å². The average Bonchev–Trinajstić information content (AvgIpc) is 3.21. The van der Waals surface area contributed by atoms with Crippen LogP contribution in [-0.2, 0) is 0 Å². The molecule has 0 aliphatic rings. The van der Waals surface area contributed by atoms with Gasteiger partial charge in [0.1, 0.15) is 0 Å². The summed E-state index contributed by atoms with van der Waals surface area (Å²) in [5, 5.41) is 22.6. The van der Waals surface area contributed by atoms with Crippen LogP contribution in [-0.4, -0.2) is 20.1 Å². The van der Waals surface area contributed by atoms with Crippen LogP contribution in [0.15, 0.2) is 59.1 Å². The van der Waals surface area contributed by atoms with E-state index in [1.807, 2.05) is 24.3 Å². The number of benzene rings is 2. The predicted molar refractivity (Wildman–Crippen MR) is 88.0 cm³/mol. The van der Waals surface area contributed by atoms with Crippen molar-refractivity contribution >= 4 is 28.3 Å². The van der Waals surface area contributed by atoms with Crippen LogP contribution in [0.1, 0.15) is 0 Å². The molecule has 0 amide bonds. The molecule has 2 aromatic carbocycles. The Balaban J connectivity index is 1.63. The molecule has 0 fully saturated rings. The summed E-state index contributed by atoms with van der Waals surface area (Å²) in [6.07, 6.45) is 1.80. The lowest BCUT2D eigenvalue weighted by Gasteiger charge is -2.00. The van der Waals surface area contributed by atoms with Crippen LogP contribution < -0.4 is 5.32 Å². The first kappa shape index (κ1) is 13.9. The Morgan fingerprint density at radius 2 is 2.00 bits per heavy atom. The first-order chi connectivity index (χ1) is 11.7. The normalized spacial score (nSPS) is 10.8. The summed E-state index contributed by atoms with van der Waals surface area (Å²) >= 11 is 0. The molecule has 2 N–H and O–H groups in total. The van der Waals surface area contributed by atoms with Gasteiger partial charge in [0.25, 0.3) is 11.6 Å². The number of nitrogens with zero attached hydrogens (tertiary/aromatic N) is 3. The smallest absolute Gasteiger partial charge is 0.320 e. The van der Waals surface area contributed by atoms with Crippen LogP contribution >= 0.6 is 0 Å². The van der Waals surface area contributed by atoms with Crippen molar-refractivity contribution < 1.29 is 9.34 Å². The Kier molecular flexibility index (Phi) is 3.20. The molecule has 2 aromatic heterocycles. The third kappa shape index (κ3) is 2.45. The minimum Gasteiger partial charge on any atom is -0.403 e. The van der Waals surface area contributed by atoms with Crippen molar-refractivity contribution in [2.75, 3.05) is 5.32 Å². The molecule has 0 radical (unpaired) electrons. The van der Waals surface area contributed by atoms with Gasteiger partial charge in [-0.15, -0.1) is 5.10 Å². The zero-order chi connectivity index (χ0) is 16.5. The Morgan fingerprint density at radius 3 is 2.88 bits per heavy atom. The summed E-state index contributed by atoms with van der Waals surface area (Å²) in [4.78, 5) is 13.5. The molecule has 0 saturated heterocycles. The quantitative estimate of drug-likeness (QED) is 0.436. The van der Waals surface area contributed by atoms with Crippen molar-refractivity contribution in [2.24, 2.45) is 0 Å². The summed E-state index contributed by atoms with van der Waals surface area (Å²) in [5.41, 5.74) is 2.25. The van der Waals surface area contributed by atoms with E-state index >= 15 is 0 Å². The molecule has 0 saturated carbocycles. The first-order valence-electron chi connectivity index (χ1n) is 7.12. The van der Waals surface area contributed by atoms with Crippen LogP contribution in [0, 0.1) is 10.1 Å². The summed E-state index contributed by atoms with van der Waals surface area (Å²) in [7, 11) is 0. The van der Waals surface area contributed by atoms with E-state index in [1.54, 1.807) is 18.3 Å². The molecule has 0 atom stereocenters. The average molecular weight is 321 g/mol. The van der Waals surface area contributed by atoms with Gasteiger partial charge in [-0.3, -0.25) is 10.1 Å². The topological polar surface area (TPSA) is 110 Å². The van der Waals surface area contributed by atoms with Gasteiger partial charge in [0, 0.05) is 34.9 Å². The molecule has 4 rings (SSSR count). The third-order valence-electron chi connectivity index (χ3n) is 3.55. The minimum absolute atomic E-state index is 0.0173. The number of para-hydroxylation sites is 1. The summed E-state index contributed by atoms with van der Waals surface area (Å²) in [5.74, 6) is 0.361. The predicted octanol–water partition coefficient (Wildman–Crippen LogP) is 3.87. The molecule has 0 aliphatic heterocycles. The minimum atomic E-state index is -0.462. The molecule has 24 heavy (non-hydrogen) atoms. The zero-order valence-electron chi connectivity index (χ0n) is 12.3. The maximum absolute atomic E-state index is 10.8. The molecule has 0 bridgehead atoms. The second kappa shape index (κ2) is 5.51. The molecule has 8 nitrogen and oxygen atoms in total. The molecule has 8 heteroatoms. The monoisotopic (exact) mass is 321 g/mol. The highest BCUT2D eigenvalue weighted by Crippen LogP contribution is 2.29. The van der Waals surface area contributed by atoms with Gasteiger partial charge in [0.2, 0.25) is 0 Å². The van der Waals surface area contributed by atoms with E-state index in [9.17, 15) is 10.1 Å². The second-order valence-corrected chi connectivity index (χ2v) is 5.09.